The second-order valence-electron chi connectivity index (χ2n) is 7.19. The van der Waals surface area contributed by atoms with Gasteiger partial charge in [-0.2, -0.15) is 5.10 Å². The van der Waals surface area contributed by atoms with Crippen molar-refractivity contribution in [2.75, 3.05) is 26.2 Å². The van der Waals surface area contributed by atoms with Crippen molar-refractivity contribution in [2.24, 2.45) is 0 Å². The lowest BCUT2D eigenvalue weighted by Gasteiger charge is -2.34. The molecule has 2 aromatic rings. The maximum atomic E-state index is 12.8. The minimum Gasteiger partial charge on any atom is -0.335 e. The van der Waals surface area contributed by atoms with Gasteiger partial charge in [-0.1, -0.05) is 43.2 Å². The average Bonchev–Trinajstić information content (AvgIpc) is 2.67. The molecule has 1 saturated heterocycles. The predicted octanol–water partition coefficient (Wildman–Crippen LogP) is 2.31. The number of nitrogens with zero attached hydrogens (tertiary/aromatic N) is 4. The van der Waals surface area contributed by atoms with Crippen LogP contribution in [0.15, 0.2) is 41.2 Å². The van der Waals surface area contributed by atoms with Crippen molar-refractivity contribution in [3.05, 3.63) is 63.6 Å². The Kier molecular flexibility index (Phi) is 6.40. The van der Waals surface area contributed by atoms with Gasteiger partial charge in [-0.25, -0.2) is 4.68 Å². The summed E-state index contributed by atoms with van der Waals surface area (Å²) in [5.74, 6) is -0.0875. The Balaban J connectivity index is 1.59. The highest BCUT2D eigenvalue weighted by atomic mass is 16.2. The molecule has 0 spiro atoms. The molecule has 6 nitrogen and oxygen atoms in total. The van der Waals surface area contributed by atoms with Crippen LogP contribution in [0.1, 0.15) is 41.4 Å². The number of hydrogen-bond donors (Lipinski definition) is 0. The van der Waals surface area contributed by atoms with Crippen molar-refractivity contribution in [1.82, 2.24) is 19.6 Å². The molecule has 0 saturated carbocycles. The normalized spacial score (nSPS) is 15.1. The third kappa shape index (κ3) is 5.04. The highest BCUT2D eigenvalue weighted by Gasteiger charge is 2.23. The van der Waals surface area contributed by atoms with Crippen molar-refractivity contribution in [3.63, 3.8) is 0 Å². The fourth-order valence-corrected chi connectivity index (χ4v) is 3.37. The summed E-state index contributed by atoms with van der Waals surface area (Å²) >= 11 is 0. The minimum absolute atomic E-state index is 0.0875. The van der Waals surface area contributed by atoms with Crippen LogP contribution in [0, 0.1) is 6.92 Å². The number of rotatable bonds is 6. The van der Waals surface area contributed by atoms with E-state index < -0.39 is 0 Å². The summed E-state index contributed by atoms with van der Waals surface area (Å²) in [7, 11) is 0. The standard InChI is InChI=1S/C21H28N4O2/c1-3-4-10-25-20(26)9-8-19(22-25)21(27)24-13-11-23(12-14-24)16-18-7-5-6-17(2)15-18/h5-9,15H,3-4,10-14,16H2,1-2H3. The fourth-order valence-electron chi connectivity index (χ4n) is 3.37. The summed E-state index contributed by atoms with van der Waals surface area (Å²) in [5.41, 5.74) is 2.78. The number of unbranched alkanes of at least 4 members (excludes halogenated alkanes) is 1. The van der Waals surface area contributed by atoms with E-state index in [4.69, 9.17) is 0 Å². The van der Waals surface area contributed by atoms with Crippen LogP contribution in [0.5, 0.6) is 0 Å². The van der Waals surface area contributed by atoms with Crippen molar-refractivity contribution < 1.29 is 4.79 Å². The second-order valence-corrected chi connectivity index (χ2v) is 7.19. The first-order chi connectivity index (χ1) is 13.1. The lowest BCUT2D eigenvalue weighted by atomic mass is 10.1. The molecule has 1 aliphatic heterocycles. The summed E-state index contributed by atoms with van der Waals surface area (Å²) in [6, 6.07) is 11.5. The van der Waals surface area contributed by atoms with Gasteiger partial charge in [0.25, 0.3) is 11.5 Å². The van der Waals surface area contributed by atoms with Crippen LogP contribution in [0.2, 0.25) is 0 Å². The smallest absolute Gasteiger partial charge is 0.274 e. The molecule has 0 unspecified atom stereocenters. The van der Waals surface area contributed by atoms with Crippen molar-refractivity contribution >= 4 is 5.91 Å². The number of benzene rings is 1. The Labute approximate surface area is 160 Å². The number of aromatic nitrogens is 2. The minimum atomic E-state index is -0.150. The van der Waals surface area contributed by atoms with Crippen LogP contribution in [0.4, 0.5) is 0 Å². The Morgan fingerprint density at radius 3 is 2.59 bits per heavy atom. The molecule has 6 heteroatoms. The molecule has 3 rings (SSSR count). The first kappa shape index (κ1) is 19.3. The van der Waals surface area contributed by atoms with Gasteiger partial charge in [-0.05, 0) is 25.0 Å². The number of carbonyl (C=O) groups excluding carboxylic acids is 1. The van der Waals surface area contributed by atoms with Crippen LogP contribution >= 0.6 is 0 Å². The monoisotopic (exact) mass is 368 g/mol. The maximum absolute atomic E-state index is 12.8. The third-order valence-corrected chi connectivity index (χ3v) is 4.96. The number of aryl methyl sites for hydroxylation is 2. The van der Waals surface area contributed by atoms with Crippen LogP contribution in [-0.2, 0) is 13.1 Å². The lowest BCUT2D eigenvalue weighted by molar-refractivity contribution is 0.0620. The van der Waals surface area contributed by atoms with Gasteiger partial charge in [-0.3, -0.25) is 14.5 Å². The Hall–Kier alpha value is -2.47. The highest BCUT2D eigenvalue weighted by molar-refractivity contribution is 5.92. The van der Waals surface area contributed by atoms with E-state index in [2.05, 4.69) is 48.1 Å². The van der Waals surface area contributed by atoms with Crippen LogP contribution in [0.25, 0.3) is 0 Å². The molecular formula is C21H28N4O2. The van der Waals surface area contributed by atoms with E-state index in [1.807, 2.05) is 4.90 Å². The first-order valence-electron chi connectivity index (χ1n) is 9.72. The number of carbonyl (C=O) groups is 1. The van der Waals surface area contributed by atoms with E-state index in [0.717, 1.165) is 32.5 Å². The molecule has 27 heavy (non-hydrogen) atoms. The highest BCUT2D eigenvalue weighted by Crippen LogP contribution is 2.12. The van der Waals surface area contributed by atoms with Gasteiger partial charge in [0.1, 0.15) is 5.69 Å². The molecule has 1 aliphatic rings. The molecule has 0 aliphatic carbocycles. The van der Waals surface area contributed by atoms with Crippen molar-refractivity contribution in [3.8, 4) is 0 Å². The van der Waals surface area contributed by atoms with Gasteiger partial charge in [0.2, 0.25) is 0 Å². The van der Waals surface area contributed by atoms with E-state index >= 15 is 0 Å². The molecule has 2 heterocycles. The van der Waals surface area contributed by atoms with Gasteiger partial charge in [-0.15, -0.1) is 0 Å². The molecule has 0 atom stereocenters. The Bertz CT molecular complexity index is 838. The molecule has 144 valence electrons. The molecule has 1 aromatic carbocycles. The quantitative estimate of drug-likeness (QED) is 0.785. The van der Waals surface area contributed by atoms with Crippen LogP contribution in [0.3, 0.4) is 0 Å². The topological polar surface area (TPSA) is 58.4 Å². The third-order valence-electron chi connectivity index (χ3n) is 4.96. The Morgan fingerprint density at radius 1 is 1.11 bits per heavy atom. The average molecular weight is 368 g/mol. The SMILES string of the molecule is CCCCn1nc(C(=O)N2CCN(Cc3cccc(C)c3)CC2)ccc1=O. The summed E-state index contributed by atoms with van der Waals surface area (Å²) < 4.78 is 1.41. The van der Waals surface area contributed by atoms with Gasteiger partial charge >= 0.3 is 0 Å². The Morgan fingerprint density at radius 2 is 1.89 bits per heavy atom. The first-order valence-corrected chi connectivity index (χ1v) is 9.72. The molecule has 0 bridgehead atoms. The number of amides is 1. The number of piperazine rings is 1. The lowest BCUT2D eigenvalue weighted by Crippen LogP contribution is -2.48. The molecule has 0 N–H and O–H groups in total. The molecule has 1 amide bonds. The summed E-state index contributed by atoms with van der Waals surface area (Å²) in [5, 5.41) is 4.28. The summed E-state index contributed by atoms with van der Waals surface area (Å²) in [6.07, 6.45) is 1.86. The van der Waals surface area contributed by atoms with Crippen molar-refractivity contribution in [1.29, 1.82) is 0 Å². The van der Waals surface area contributed by atoms with E-state index in [1.54, 1.807) is 6.07 Å². The zero-order valence-corrected chi connectivity index (χ0v) is 16.2. The molecule has 0 radical (unpaired) electrons. The van der Waals surface area contributed by atoms with Gasteiger partial charge < -0.3 is 4.90 Å². The zero-order valence-electron chi connectivity index (χ0n) is 16.2. The predicted molar refractivity (Wildman–Crippen MR) is 106 cm³/mol. The molecule has 1 aromatic heterocycles. The van der Waals surface area contributed by atoms with Gasteiger partial charge in [0, 0.05) is 45.3 Å². The summed E-state index contributed by atoms with van der Waals surface area (Å²) in [4.78, 5) is 28.9. The van der Waals surface area contributed by atoms with E-state index in [0.29, 0.717) is 25.3 Å². The van der Waals surface area contributed by atoms with E-state index in [-0.39, 0.29) is 11.5 Å². The zero-order chi connectivity index (χ0) is 19.2. The van der Waals surface area contributed by atoms with E-state index in [9.17, 15) is 9.59 Å². The molecule has 1 fully saturated rings. The van der Waals surface area contributed by atoms with Crippen molar-refractivity contribution in [2.45, 2.75) is 39.8 Å². The van der Waals surface area contributed by atoms with E-state index in [1.165, 1.54) is 21.9 Å². The summed E-state index contributed by atoms with van der Waals surface area (Å²) in [6.45, 7) is 8.68. The van der Waals surface area contributed by atoms with Crippen LogP contribution < -0.4 is 5.56 Å². The maximum Gasteiger partial charge on any atom is 0.274 e. The van der Waals surface area contributed by atoms with Crippen LogP contribution in [-0.4, -0.2) is 51.7 Å². The fraction of sp³-hybridized carbons (Fsp3) is 0.476. The van der Waals surface area contributed by atoms with Gasteiger partial charge in [0.15, 0.2) is 0 Å². The number of hydrogen-bond acceptors (Lipinski definition) is 4. The van der Waals surface area contributed by atoms with Gasteiger partial charge in [0.05, 0.1) is 0 Å². The largest absolute Gasteiger partial charge is 0.335 e. The second kappa shape index (κ2) is 8.95. The molecular weight excluding hydrogens is 340 g/mol.